The Bertz CT molecular complexity index is 999. The first-order chi connectivity index (χ1) is 13.5. The molecule has 0 fully saturated rings. The van der Waals surface area contributed by atoms with Crippen LogP contribution in [0.5, 0.6) is 0 Å². The van der Waals surface area contributed by atoms with E-state index >= 15 is 0 Å². The number of hydrogen-bond donors (Lipinski definition) is 1. The number of aryl methyl sites for hydroxylation is 1. The van der Waals surface area contributed by atoms with Crippen molar-refractivity contribution in [2.75, 3.05) is 11.9 Å². The lowest BCUT2D eigenvalue weighted by molar-refractivity contribution is 0.104. The molecule has 8 nitrogen and oxygen atoms in total. The molecule has 0 aliphatic carbocycles. The number of fused-ring (bicyclic) bond motifs is 3. The Hall–Kier alpha value is -1.87. The van der Waals surface area contributed by atoms with Crippen LogP contribution in [0.1, 0.15) is 53.2 Å². The van der Waals surface area contributed by atoms with E-state index < -0.39 is 15.3 Å². The molecule has 0 amide bonds. The molecule has 1 aliphatic rings. The third kappa shape index (κ3) is 4.21. The van der Waals surface area contributed by atoms with Crippen LogP contribution < -0.4 is 16.6 Å². The van der Waals surface area contributed by atoms with E-state index in [1.807, 2.05) is 17.7 Å². The Balaban J connectivity index is 1.99. The SMILES string of the molecule is CC(CCCC(O[Si](C)C)n1c(=O)c2c(nc3n2CCN3)n(C)c1=O)C(C)(C)C. The molecule has 9 heteroatoms. The maximum Gasteiger partial charge on any atom is 0.334 e. The van der Waals surface area contributed by atoms with Gasteiger partial charge in [-0.2, -0.15) is 4.98 Å². The van der Waals surface area contributed by atoms with Crippen molar-refractivity contribution in [2.45, 2.75) is 72.8 Å². The number of nitrogens with zero attached hydrogens (tertiary/aromatic N) is 4. The van der Waals surface area contributed by atoms with Crippen molar-refractivity contribution in [2.24, 2.45) is 18.4 Å². The van der Waals surface area contributed by atoms with E-state index in [1.165, 1.54) is 9.13 Å². The Morgan fingerprint density at radius 3 is 2.55 bits per heavy atom. The van der Waals surface area contributed by atoms with Crippen molar-refractivity contribution >= 4 is 26.2 Å². The fourth-order valence-corrected chi connectivity index (χ4v) is 4.54. The van der Waals surface area contributed by atoms with Crippen molar-refractivity contribution < 1.29 is 4.43 Å². The molecule has 3 heterocycles. The van der Waals surface area contributed by atoms with Crippen LogP contribution in [0.4, 0.5) is 5.95 Å². The van der Waals surface area contributed by atoms with Gasteiger partial charge in [-0.3, -0.25) is 9.36 Å². The smallest absolute Gasteiger partial charge is 0.334 e. The lowest BCUT2D eigenvalue weighted by Gasteiger charge is -2.28. The molecule has 0 saturated heterocycles. The van der Waals surface area contributed by atoms with Gasteiger partial charge in [0.15, 0.2) is 11.2 Å². The van der Waals surface area contributed by atoms with Crippen molar-refractivity contribution in [1.82, 2.24) is 18.7 Å². The number of hydrogen-bond acceptors (Lipinski definition) is 5. The minimum absolute atomic E-state index is 0.234. The molecule has 1 aliphatic heterocycles. The predicted molar refractivity (Wildman–Crippen MR) is 118 cm³/mol. The van der Waals surface area contributed by atoms with E-state index in [4.69, 9.17) is 4.43 Å². The normalized spacial score (nSPS) is 16.3. The second-order valence-corrected chi connectivity index (χ2v) is 11.4. The first kappa shape index (κ1) is 21.8. The summed E-state index contributed by atoms with van der Waals surface area (Å²) >= 11 is 0. The summed E-state index contributed by atoms with van der Waals surface area (Å²) in [5.74, 6) is 1.19. The molecule has 0 spiro atoms. The summed E-state index contributed by atoms with van der Waals surface area (Å²) in [6, 6.07) is 0. The van der Waals surface area contributed by atoms with Gasteiger partial charge >= 0.3 is 5.69 Å². The van der Waals surface area contributed by atoms with Crippen molar-refractivity contribution in [3.63, 3.8) is 0 Å². The topological polar surface area (TPSA) is 83.1 Å². The monoisotopic (exact) mass is 420 g/mol. The summed E-state index contributed by atoms with van der Waals surface area (Å²) in [6.07, 6.45) is 2.04. The van der Waals surface area contributed by atoms with E-state index in [2.05, 4.69) is 38.0 Å². The van der Waals surface area contributed by atoms with Gasteiger partial charge in [0.1, 0.15) is 6.23 Å². The highest BCUT2D eigenvalue weighted by atomic mass is 28.3. The summed E-state index contributed by atoms with van der Waals surface area (Å²) in [5.41, 5.74) is 0.471. The first-order valence-electron chi connectivity index (χ1n) is 10.4. The highest BCUT2D eigenvalue weighted by Gasteiger charge is 2.27. The minimum Gasteiger partial charge on any atom is -0.397 e. The van der Waals surface area contributed by atoms with Crippen LogP contribution in [-0.4, -0.2) is 34.3 Å². The second kappa shape index (κ2) is 8.10. The first-order valence-corrected chi connectivity index (χ1v) is 12.9. The molecule has 1 N–H and O–H groups in total. The van der Waals surface area contributed by atoms with Crippen LogP contribution in [0.3, 0.4) is 0 Å². The molecule has 2 atom stereocenters. The van der Waals surface area contributed by atoms with Crippen LogP contribution in [-0.2, 0) is 18.0 Å². The zero-order chi connectivity index (χ0) is 21.5. The number of imidazole rings is 1. The molecule has 1 radical (unpaired) electrons. The molecule has 2 aromatic rings. The number of nitrogens with one attached hydrogen (secondary N) is 1. The molecule has 2 aromatic heterocycles. The Morgan fingerprint density at radius 2 is 1.93 bits per heavy atom. The lowest BCUT2D eigenvalue weighted by Crippen LogP contribution is -2.43. The molecular weight excluding hydrogens is 386 g/mol. The van der Waals surface area contributed by atoms with Crippen molar-refractivity contribution in [1.29, 1.82) is 0 Å². The molecule has 0 aromatic carbocycles. The number of aromatic nitrogens is 4. The Labute approximate surface area is 173 Å². The van der Waals surface area contributed by atoms with E-state index in [0.717, 1.165) is 19.4 Å². The van der Waals surface area contributed by atoms with Gasteiger partial charge in [-0.1, -0.05) is 34.1 Å². The van der Waals surface area contributed by atoms with Gasteiger partial charge in [-0.05, 0) is 37.3 Å². The van der Waals surface area contributed by atoms with E-state index in [1.54, 1.807) is 7.05 Å². The van der Waals surface area contributed by atoms with Gasteiger partial charge in [-0.25, -0.2) is 9.36 Å². The highest BCUT2D eigenvalue weighted by Crippen LogP contribution is 2.30. The van der Waals surface area contributed by atoms with Crippen LogP contribution in [0.2, 0.25) is 13.1 Å². The zero-order valence-corrected chi connectivity index (χ0v) is 19.7. The zero-order valence-electron chi connectivity index (χ0n) is 18.7. The van der Waals surface area contributed by atoms with Crippen molar-refractivity contribution in [3.05, 3.63) is 20.8 Å². The average molecular weight is 421 g/mol. The van der Waals surface area contributed by atoms with Gasteiger partial charge in [0, 0.05) is 20.1 Å². The van der Waals surface area contributed by atoms with Crippen LogP contribution in [0.25, 0.3) is 11.2 Å². The summed E-state index contributed by atoms with van der Waals surface area (Å²) in [4.78, 5) is 30.9. The van der Waals surface area contributed by atoms with Gasteiger partial charge in [-0.15, -0.1) is 0 Å². The summed E-state index contributed by atoms with van der Waals surface area (Å²) in [6.45, 7) is 14.5. The predicted octanol–water partition coefficient (Wildman–Crippen LogP) is 2.94. The molecule has 3 rings (SSSR count). The van der Waals surface area contributed by atoms with Crippen molar-refractivity contribution in [3.8, 4) is 0 Å². The maximum absolute atomic E-state index is 13.4. The summed E-state index contributed by atoms with van der Waals surface area (Å²) in [7, 11) is 0.575. The van der Waals surface area contributed by atoms with E-state index in [9.17, 15) is 9.59 Å². The third-order valence-electron chi connectivity index (χ3n) is 6.03. The Kier molecular flexibility index (Phi) is 6.10. The number of rotatable bonds is 7. The van der Waals surface area contributed by atoms with Crippen LogP contribution in [0.15, 0.2) is 9.59 Å². The van der Waals surface area contributed by atoms with Gasteiger partial charge in [0.05, 0.1) is 0 Å². The molecule has 161 valence electrons. The van der Waals surface area contributed by atoms with E-state index in [0.29, 0.717) is 36.0 Å². The lowest BCUT2D eigenvalue weighted by atomic mass is 9.79. The highest BCUT2D eigenvalue weighted by molar-refractivity contribution is 6.48. The molecular formula is C20H34N5O3Si. The summed E-state index contributed by atoms with van der Waals surface area (Å²) in [5, 5.41) is 3.17. The fraction of sp³-hybridized carbons (Fsp3) is 0.750. The van der Waals surface area contributed by atoms with Crippen LogP contribution >= 0.6 is 0 Å². The van der Waals surface area contributed by atoms with Gasteiger partial charge in [0.25, 0.3) is 5.56 Å². The second-order valence-electron chi connectivity index (χ2n) is 9.38. The maximum atomic E-state index is 13.4. The molecule has 0 saturated carbocycles. The minimum atomic E-state index is -1.10. The van der Waals surface area contributed by atoms with E-state index in [-0.39, 0.29) is 16.7 Å². The quantitative estimate of drug-likeness (QED) is 0.697. The number of anilines is 1. The van der Waals surface area contributed by atoms with Gasteiger partial charge < -0.3 is 14.3 Å². The average Bonchev–Trinajstić information content (AvgIpc) is 3.19. The van der Waals surface area contributed by atoms with Gasteiger partial charge in [0.2, 0.25) is 15.0 Å². The fourth-order valence-electron chi connectivity index (χ4n) is 3.77. The summed E-state index contributed by atoms with van der Waals surface area (Å²) < 4.78 is 10.8. The third-order valence-corrected chi connectivity index (χ3v) is 6.77. The molecule has 29 heavy (non-hydrogen) atoms. The Morgan fingerprint density at radius 1 is 1.24 bits per heavy atom. The standard InChI is InChI=1S/C20H34N5O3Si/c1-13(20(2,3)4)9-8-10-14(28-29(6)7)25-17(26)15-16(23(5)19(25)27)22-18-21-11-12-24(15)18/h13-14H,8-12H2,1-7H3,(H,21,22). The molecule has 0 bridgehead atoms. The van der Waals surface area contributed by atoms with Crippen LogP contribution in [0, 0.1) is 11.3 Å². The largest absolute Gasteiger partial charge is 0.397 e. The molecule has 2 unspecified atom stereocenters.